The van der Waals surface area contributed by atoms with Crippen molar-refractivity contribution in [3.05, 3.63) is 29.8 Å². The van der Waals surface area contributed by atoms with Gasteiger partial charge in [-0.15, -0.1) is 0 Å². The third-order valence-electron chi connectivity index (χ3n) is 3.51. The van der Waals surface area contributed by atoms with E-state index in [0.29, 0.717) is 18.9 Å². The molecule has 0 heterocycles. The highest BCUT2D eigenvalue weighted by molar-refractivity contribution is 5.76. The zero-order valence-corrected chi connectivity index (χ0v) is 11.6. The highest BCUT2D eigenvalue weighted by Gasteiger charge is 2.16. The van der Waals surface area contributed by atoms with Gasteiger partial charge in [-0.25, -0.2) is 0 Å². The van der Waals surface area contributed by atoms with E-state index in [0.717, 1.165) is 24.2 Å². The topological polar surface area (TPSA) is 62.1 Å². The van der Waals surface area contributed by atoms with Crippen LogP contribution in [0, 0.1) is 11.3 Å². The standard InChI is InChI=1S/C16H20N2O2/c17-10-11-18-16(19)9-8-13-4-3-7-15(12-13)20-14-5-1-2-6-14/h3-4,7,12,14H,1-2,5-6,8-9,11H2,(H,18,19). The van der Waals surface area contributed by atoms with Crippen molar-refractivity contribution in [2.75, 3.05) is 6.54 Å². The molecule has 4 heteroatoms. The van der Waals surface area contributed by atoms with E-state index in [1.165, 1.54) is 12.8 Å². The summed E-state index contributed by atoms with van der Waals surface area (Å²) in [6.07, 6.45) is 6.20. The number of hydrogen-bond donors (Lipinski definition) is 1. The fraction of sp³-hybridized carbons (Fsp3) is 0.500. The maximum atomic E-state index is 11.4. The van der Waals surface area contributed by atoms with Crippen LogP contribution in [0.25, 0.3) is 0 Å². The van der Waals surface area contributed by atoms with Crippen molar-refractivity contribution >= 4 is 5.91 Å². The van der Waals surface area contributed by atoms with Crippen LogP contribution in [-0.4, -0.2) is 18.6 Å². The summed E-state index contributed by atoms with van der Waals surface area (Å²) in [6, 6.07) is 9.84. The number of hydrogen-bond acceptors (Lipinski definition) is 3. The molecule has 1 N–H and O–H groups in total. The minimum Gasteiger partial charge on any atom is -0.490 e. The summed E-state index contributed by atoms with van der Waals surface area (Å²) in [5.41, 5.74) is 1.09. The van der Waals surface area contributed by atoms with Gasteiger partial charge in [-0.1, -0.05) is 12.1 Å². The number of ether oxygens (including phenoxy) is 1. The van der Waals surface area contributed by atoms with Crippen LogP contribution in [-0.2, 0) is 11.2 Å². The molecule has 1 amide bonds. The molecule has 0 bridgehead atoms. The van der Waals surface area contributed by atoms with Crippen LogP contribution in [0.4, 0.5) is 0 Å². The van der Waals surface area contributed by atoms with E-state index in [-0.39, 0.29) is 12.5 Å². The van der Waals surface area contributed by atoms with Gasteiger partial charge in [0, 0.05) is 6.42 Å². The number of nitriles is 1. The van der Waals surface area contributed by atoms with E-state index in [1.807, 2.05) is 30.3 Å². The SMILES string of the molecule is N#CCNC(=O)CCc1cccc(OC2CCCC2)c1. The maximum absolute atomic E-state index is 11.4. The molecule has 4 nitrogen and oxygen atoms in total. The van der Waals surface area contributed by atoms with E-state index in [9.17, 15) is 4.79 Å². The van der Waals surface area contributed by atoms with Crippen molar-refractivity contribution in [2.24, 2.45) is 0 Å². The molecule has 0 radical (unpaired) electrons. The molecule has 1 aromatic rings. The molecule has 0 aliphatic heterocycles. The van der Waals surface area contributed by atoms with E-state index >= 15 is 0 Å². The molecule has 0 saturated heterocycles. The van der Waals surface area contributed by atoms with Crippen molar-refractivity contribution in [3.63, 3.8) is 0 Å². The molecule has 1 saturated carbocycles. The Kier molecular flexibility index (Phi) is 5.43. The average Bonchev–Trinajstić information content (AvgIpc) is 2.96. The average molecular weight is 272 g/mol. The zero-order chi connectivity index (χ0) is 14.2. The number of aryl methyl sites for hydroxylation is 1. The van der Waals surface area contributed by atoms with Gasteiger partial charge < -0.3 is 10.1 Å². The number of amides is 1. The molecular weight excluding hydrogens is 252 g/mol. The highest BCUT2D eigenvalue weighted by Crippen LogP contribution is 2.24. The summed E-state index contributed by atoms with van der Waals surface area (Å²) < 4.78 is 5.94. The monoisotopic (exact) mass is 272 g/mol. The Labute approximate surface area is 119 Å². The molecule has 0 unspecified atom stereocenters. The van der Waals surface area contributed by atoms with Crippen molar-refractivity contribution < 1.29 is 9.53 Å². The van der Waals surface area contributed by atoms with Gasteiger partial charge in [0.2, 0.25) is 5.91 Å². The van der Waals surface area contributed by atoms with Gasteiger partial charge in [0.1, 0.15) is 12.3 Å². The molecule has 1 aliphatic carbocycles. The molecular formula is C16H20N2O2. The molecule has 0 spiro atoms. The lowest BCUT2D eigenvalue weighted by atomic mass is 10.1. The molecule has 1 aliphatic rings. The molecule has 0 atom stereocenters. The Morgan fingerprint density at radius 2 is 2.20 bits per heavy atom. The van der Waals surface area contributed by atoms with Gasteiger partial charge in [-0.3, -0.25) is 4.79 Å². The predicted molar refractivity (Wildman–Crippen MR) is 76.3 cm³/mol. The Balaban J connectivity index is 1.82. The Morgan fingerprint density at radius 1 is 1.40 bits per heavy atom. The normalized spacial score (nSPS) is 14.8. The second-order valence-electron chi connectivity index (χ2n) is 5.11. The van der Waals surface area contributed by atoms with Gasteiger partial charge in [0.25, 0.3) is 0 Å². The van der Waals surface area contributed by atoms with Gasteiger partial charge in [-0.05, 0) is 49.8 Å². The van der Waals surface area contributed by atoms with Crippen molar-refractivity contribution in [1.29, 1.82) is 5.26 Å². The number of carbonyl (C=O) groups excluding carboxylic acids is 1. The van der Waals surface area contributed by atoms with Crippen molar-refractivity contribution in [2.45, 2.75) is 44.6 Å². The van der Waals surface area contributed by atoms with Gasteiger partial charge in [0.15, 0.2) is 0 Å². The minimum absolute atomic E-state index is 0.0731. The smallest absolute Gasteiger partial charge is 0.221 e. The van der Waals surface area contributed by atoms with Crippen LogP contribution in [0.3, 0.4) is 0 Å². The highest BCUT2D eigenvalue weighted by atomic mass is 16.5. The third kappa shape index (κ3) is 4.58. The summed E-state index contributed by atoms with van der Waals surface area (Å²) in [6.45, 7) is 0.0731. The zero-order valence-electron chi connectivity index (χ0n) is 11.6. The summed E-state index contributed by atoms with van der Waals surface area (Å²) >= 11 is 0. The summed E-state index contributed by atoms with van der Waals surface area (Å²) in [4.78, 5) is 11.4. The van der Waals surface area contributed by atoms with Crippen LogP contribution in [0.5, 0.6) is 5.75 Å². The van der Waals surface area contributed by atoms with Crippen molar-refractivity contribution in [3.8, 4) is 11.8 Å². The Hall–Kier alpha value is -2.02. The second kappa shape index (κ2) is 7.54. The molecule has 1 aromatic carbocycles. The van der Waals surface area contributed by atoms with Gasteiger partial charge in [-0.2, -0.15) is 5.26 Å². The maximum Gasteiger partial charge on any atom is 0.221 e. The van der Waals surface area contributed by atoms with Crippen LogP contribution in [0.15, 0.2) is 24.3 Å². The van der Waals surface area contributed by atoms with Crippen LogP contribution < -0.4 is 10.1 Å². The quantitative estimate of drug-likeness (QED) is 0.810. The largest absolute Gasteiger partial charge is 0.490 e. The van der Waals surface area contributed by atoms with Crippen LogP contribution in [0.2, 0.25) is 0 Å². The summed E-state index contributed by atoms with van der Waals surface area (Å²) in [5.74, 6) is 0.806. The number of rotatable bonds is 6. The van der Waals surface area contributed by atoms with Gasteiger partial charge in [0.05, 0.1) is 12.2 Å². The fourth-order valence-electron chi connectivity index (χ4n) is 2.46. The number of nitrogens with zero attached hydrogens (tertiary/aromatic N) is 1. The first kappa shape index (κ1) is 14.4. The number of nitrogens with one attached hydrogen (secondary N) is 1. The lowest BCUT2D eigenvalue weighted by Gasteiger charge is -2.13. The Bertz CT molecular complexity index is 487. The molecule has 106 valence electrons. The molecule has 2 rings (SSSR count). The lowest BCUT2D eigenvalue weighted by molar-refractivity contribution is -0.120. The van der Waals surface area contributed by atoms with Crippen LogP contribution >= 0.6 is 0 Å². The second-order valence-corrected chi connectivity index (χ2v) is 5.11. The van der Waals surface area contributed by atoms with E-state index in [1.54, 1.807) is 0 Å². The molecule has 0 aromatic heterocycles. The summed E-state index contributed by atoms with van der Waals surface area (Å²) in [5, 5.41) is 10.9. The first-order valence-corrected chi connectivity index (χ1v) is 7.17. The molecule has 1 fully saturated rings. The van der Waals surface area contributed by atoms with Gasteiger partial charge >= 0.3 is 0 Å². The van der Waals surface area contributed by atoms with E-state index in [4.69, 9.17) is 10.00 Å². The van der Waals surface area contributed by atoms with Crippen molar-refractivity contribution in [1.82, 2.24) is 5.32 Å². The van der Waals surface area contributed by atoms with E-state index < -0.39 is 0 Å². The first-order chi connectivity index (χ1) is 9.78. The summed E-state index contributed by atoms with van der Waals surface area (Å²) in [7, 11) is 0. The predicted octanol–water partition coefficient (Wildman–Crippen LogP) is 2.58. The van der Waals surface area contributed by atoms with E-state index in [2.05, 4.69) is 5.32 Å². The number of benzene rings is 1. The first-order valence-electron chi connectivity index (χ1n) is 7.17. The molecule has 20 heavy (non-hydrogen) atoms. The van der Waals surface area contributed by atoms with Crippen LogP contribution in [0.1, 0.15) is 37.7 Å². The number of carbonyl (C=O) groups is 1. The minimum atomic E-state index is -0.0892. The lowest BCUT2D eigenvalue weighted by Crippen LogP contribution is -2.23. The third-order valence-corrected chi connectivity index (χ3v) is 3.51. The fourth-order valence-corrected chi connectivity index (χ4v) is 2.46. The Morgan fingerprint density at radius 3 is 2.95 bits per heavy atom.